The fourth-order valence-electron chi connectivity index (χ4n) is 2.00. The molecule has 1 rings (SSSR count). The number of halogens is 1. The van der Waals surface area contributed by atoms with Crippen LogP contribution in [0.3, 0.4) is 0 Å². The number of ether oxygens (including phenoxy) is 3. The Hall–Kier alpha value is -0.893. The van der Waals surface area contributed by atoms with Crippen LogP contribution in [0.2, 0.25) is 18.1 Å². The van der Waals surface area contributed by atoms with Gasteiger partial charge in [0.2, 0.25) is 0 Å². The first kappa shape index (κ1) is 24.1. The van der Waals surface area contributed by atoms with Gasteiger partial charge in [-0.05, 0) is 66.5 Å². The van der Waals surface area contributed by atoms with E-state index in [-0.39, 0.29) is 11.8 Å². The van der Waals surface area contributed by atoms with Gasteiger partial charge in [-0.2, -0.15) is 0 Å². The van der Waals surface area contributed by atoms with Crippen molar-refractivity contribution in [3.8, 4) is 5.75 Å². The molecule has 27 heavy (non-hydrogen) atoms. The molecule has 0 aromatic heterocycles. The number of carbonyl (C=O) groups is 1. The number of benzene rings is 1. The van der Waals surface area contributed by atoms with Crippen LogP contribution in [-0.2, 0) is 20.5 Å². The number of esters is 1. The highest BCUT2D eigenvalue weighted by Gasteiger charge is 2.37. The van der Waals surface area contributed by atoms with Crippen molar-refractivity contribution < 1.29 is 23.4 Å². The molecule has 0 atom stereocenters. The van der Waals surface area contributed by atoms with E-state index in [1.165, 1.54) is 7.11 Å². The van der Waals surface area contributed by atoms with Crippen molar-refractivity contribution in [3.05, 3.63) is 27.7 Å². The van der Waals surface area contributed by atoms with Gasteiger partial charge >= 0.3 is 5.97 Å². The minimum absolute atomic E-state index is 0.0287. The van der Waals surface area contributed by atoms with Crippen LogP contribution in [0.4, 0.5) is 0 Å². The summed E-state index contributed by atoms with van der Waals surface area (Å²) < 4.78 is 23.3. The summed E-state index contributed by atoms with van der Waals surface area (Å²) in [6, 6.07) is 3.72. The van der Waals surface area contributed by atoms with E-state index >= 15 is 0 Å². The second-order valence-corrected chi connectivity index (χ2v) is 14.7. The summed E-state index contributed by atoms with van der Waals surface area (Å²) in [5, 5.41) is 0.0732. The SMILES string of the molecule is COCOc1c(Br)ccc(CO[Si](C)(C)C(C)(C)C)c1C(=O)OC(C)(C)C. The summed E-state index contributed by atoms with van der Waals surface area (Å²) in [4.78, 5) is 12.9. The fourth-order valence-corrected chi connectivity index (χ4v) is 3.40. The molecule has 0 saturated carbocycles. The van der Waals surface area contributed by atoms with Crippen LogP contribution in [0.1, 0.15) is 57.5 Å². The summed E-state index contributed by atoms with van der Waals surface area (Å²) in [5.74, 6) is -0.0360. The van der Waals surface area contributed by atoms with E-state index in [4.69, 9.17) is 18.6 Å². The fraction of sp³-hybridized carbons (Fsp3) is 0.650. The molecule has 0 amide bonds. The zero-order valence-electron chi connectivity index (χ0n) is 18.0. The first-order valence-corrected chi connectivity index (χ1v) is 12.7. The Morgan fingerprint density at radius 3 is 2.19 bits per heavy atom. The van der Waals surface area contributed by atoms with Crippen LogP contribution in [0, 0.1) is 0 Å². The van der Waals surface area contributed by atoms with Crippen molar-refractivity contribution in [1.82, 2.24) is 0 Å². The van der Waals surface area contributed by atoms with Crippen LogP contribution in [-0.4, -0.2) is 33.8 Å². The van der Waals surface area contributed by atoms with Crippen LogP contribution in [0.15, 0.2) is 16.6 Å². The molecule has 0 unspecified atom stereocenters. The highest BCUT2D eigenvalue weighted by molar-refractivity contribution is 9.10. The second kappa shape index (κ2) is 9.07. The molecule has 7 heteroatoms. The molecule has 1 aromatic rings. The average Bonchev–Trinajstić information content (AvgIpc) is 2.49. The van der Waals surface area contributed by atoms with Crippen LogP contribution < -0.4 is 4.74 Å². The summed E-state index contributed by atoms with van der Waals surface area (Å²) >= 11 is 3.46. The van der Waals surface area contributed by atoms with Crippen molar-refractivity contribution >= 4 is 30.2 Å². The van der Waals surface area contributed by atoms with Gasteiger partial charge in [-0.1, -0.05) is 26.8 Å². The first-order chi connectivity index (χ1) is 12.2. The average molecular weight is 461 g/mol. The minimum Gasteiger partial charge on any atom is -0.465 e. The maximum absolute atomic E-state index is 12.9. The topological polar surface area (TPSA) is 54.0 Å². The maximum atomic E-state index is 12.9. The molecule has 0 saturated heterocycles. The Kier molecular flexibility index (Phi) is 8.11. The third-order valence-electron chi connectivity index (χ3n) is 4.51. The summed E-state index contributed by atoms with van der Waals surface area (Å²) in [5.41, 5.74) is 0.494. The van der Waals surface area contributed by atoms with E-state index in [1.807, 2.05) is 32.9 Å². The summed E-state index contributed by atoms with van der Waals surface area (Å²) in [6.45, 7) is 16.8. The first-order valence-electron chi connectivity index (χ1n) is 9.00. The molecule has 0 aliphatic heterocycles. The highest BCUT2D eigenvalue weighted by atomic mass is 79.9. The van der Waals surface area contributed by atoms with Crippen molar-refractivity contribution in [2.45, 2.75) is 71.9 Å². The normalized spacial score (nSPS) is 12.8. The summed E-state index contributed by atoms with van der Waals surface area (Å²) in [7, 11) is -0.445. The van der Waals surface area contributed by atoms with Gasteiger partial charge in [0, 0.05) is 7.11 Å². The smallest absolute Gasteiger partial charge is 0.342 e. The van der Waals surface area contributed by atoms with Crippen LogP contribution in [0.5, 0.6) is 5.75 Å². The predicted molar refractivity (Wildman–Crippen MR) is 114 cm³/mol. The largest absolute Gasteiger partial charge is 0.465 e. The molecule has 1 aromatic carbocycles. The van der Waals surface area contributed by atoms with Crippen LogP contribution >= 0.6 is 15.9 Å². The van der Waals surface area contributed by atoms with Gasteiger partial charge in [-0.15, -0.1) is 0 Å². The third-order valence-corrected chi connectivity index (χ3v) is 9.62. The van der Waals surface area contributed by atoms with Gasteiger partial charge < -0.3 is 18.6 Å². The Morgan fingerprint density at radius 1 is 1.11 bits per heavy atom. The van der Waals surface area contributed by atoms with E-state index in [1.54, 1.807) is 0 Å². The summed E-state index contributed by atoms with van der Waals surface area (Å²) in [6.07, 6.45) is 0. The molecule has 154 valence electrons. The molecule has 0 aliphatic carbocycles. The quantitative estimate of drug-likeness (QED) is 0.287. The van der Waals surface area contributed by atoms with Crippen molar-refractivity contribution in [1.29, 1.82) is 0 Å². The van der Waals surface area contributed by atoms with Gasteiger partial charge in [0.05, 0.1) is 11.1 Å². The molecular weight excluding hydrogens is 428 g/mol. The number of methoxy groups -OCH3 is 1. The number of carbonyl (C=O) groups excluding carboxylic acids is 1. The van der Waals surface area contributed by atoms with E-state index in [0.717, 1.165) is 5.56 Å². The lowest BCUT2D eigenvalue weighted by atomic mass is 10.1. The minimum atomic E-state index is -1.98. The molecule has 5 nitrogen and oxygen atoms in total. The molecule has 0 radical (unpaired) electrons. The van der Waals surface area contributed by atoms with Gasteiger partial charge in [-0.3, -0.25) is 0 Å². The number of hydrogen-bond donors (Lipinski definition) is 0. The van der Waals surface area contributed by atoms with Crippen molar-refractivity contribution in [2.75, 3.05) is 13.9 Å². The van der Waals surface area contributed by atoms with Crippen LogP contribution in [0.25, 0.3) is 0 Å². The lowest BCUT2D eigenvalue weighted by Crippen LogP contribution is -2.40. The predicted octanol–water partition coefficient (Wildman–Crippen LogP) is 5.91. The molecule has 0 bridgehead atoms. The lowest BCUT2D eigenvalue weighted by molar-refractivity contribution is 0.00518. The van der Waals surface area contributed by atoms with Gasteiger partial charge in [0.15, 0.2) is 20.9 Å². The molecular formula is C20H33BrO5Si. The Morgan fingerprint density at radius 2 is 1.70 bits per heavy atom. The standard InChI is InChI=1S/C20H33BrO5Si/c1-19(2,3)26-18(22)16-14(12-25-27(8,9)20(4,5)6)10-11-15(21)17(16)24-13-23-7/h10-11H,12-13H2,1-9H3. The zero-order valence-corrected chi connectivity index (χ0v) is 20.6. The molecule has 0 aliphatic rings. The van der Waals surface area contributed by atoms with E-state index < -0.39 is 19.9 Å². The lowest BCUT2D eigenvalue weighted by Gasteiger charge is -2.36. The zero-order chi connectivity index (χ0) is 21.0. The van der Waals surface area contributed by atoms with Crippen molar-refractivity contribution in [3.63, 3.8) is 0 Å². The molecule has 0 spiro atoms. The van der Waals surface area contributed by atoms with Crippen molar-refractivity contribution in [2.24, 2.45) is 0 Å². The van der Waals surface area contributed by atoms with E-state index in [0.29, 0.717) is 22.4 Å². The molecule has 0 heterocycles. The van der Waals surface area contributed by atoms with Gasteiger partial charge in [0.1, 0.15) is 11.2 Å². The molecule has 0 fully saturated rings. The van der Waals surface area contributed by atoms with Gasteiger partial charge in [-0.25, -0.2) is 4.79 Å². The highest BCUT2D eigenvalue weighted by Crippen LogP contribution is 2.39. The number of rotatable bonds is 7. The monoisotopic (exact) mass is 460 g/mol. The van der Waals surface area contributed by atoms with E-state index in [2.05, 4.69) is 49.8 Å². The van der Waals surface area contributed by atoms with E-state index in [9.17, 15) is 4.79 Å². The van der Waals surface area contributed by atoms with Gasteiger partial charge in [0.25, 0.3) is 0 Å². The Labute approximate surface area is 173 Å². The maximum Gasteiger partial charge on any atom is 0.342 e. The Balaban J connectivity index is 3.32. The third kappa shape index (κ3) is 6.89. The second-order valence-electron chi connectivity index (χ2n) is 9.01. The molecule has 0 N–H and O–H groups in total. The number of hydrogen-bond acceptors (Lipinski definition) is 5. The Bertz CT molecular complexity index is 660.